The van der Waals surface area contributed by atoms with Crippen LogP contribution in [0.15, 0.2) is 24.3 Å². The molecule has 7 heteroatoms. The van der Waals surface area contributed by atoms with E-state index in [2.05, 4.69) is 0 Å². The van der Waals surface area contributed by atoms with E-state index < -0.39 is 0 Å². The molecule has 0 saturated carbocycles. The molecule has 2 amide bonds. The van der Waals surface area contributed by atoms with E-state index in [1.807, 2.05) is 43.0 Å². The molecule has 0 bridgehead atoms. The number of hydrogen-bond acceptors (Lipinski definition) is 5. The molecule has 31 heavy (non-hydrogen) atoms. The molecule has 0 spiro atoms. The summed E-state index contributed by atoms with van der Waals surface area (Å²) in [5.41, 5.74) is 3.14. The zero-order chi connectivity index (χ0) is 22.0. The van der Waals surface area contributed by atoms with Gasteiger partial charge < -0.3 is 9.64 Å². The molecular formula is C24H30N4O3. The molecule has 4 rings (SSSR count). The molecule has 2 aromatic rings. The van der Waals surface area contributed by atoms with Crippen molar-refractivity contribution < 1.29 is 14.3 Å². The van der Waals surface area contributed by atoms with Gasteiger partial charge in [0.2, 0.25) is 11.8 Å². The number of carbonyl (C=O) groups excluding carboxylic acids is 2. The highest BCUT2D eigenvalue weighted by Crippen LogP contribution is 2.31. The molecule has 1 aromatic carbocycles. The number of amides is 2. The summed E-state index contributed by atoms with van der Waals surface area (Å²) in [6, 6.07) is 7.94. The third-order valence-electron chi connectivity index (χ3n) is 6.26. The maximum absolute atomic E-state index is 12.8. The lowest BCUT2D eigenvalue weighted by Gasteiger charge is -2.26. The molecule has 2 aliphatic heterocycles. The molecule has 164 valence electrons. The van der Waals surface area contributed by atoms with Crippen molar-refractivity contribution in [2.75, 3.05) is 31.6 Å². The number of likely N-dealkylation sites (tertiary alicyclic amines) is 1. The summed E-state index contributed by atoms with van der Waals surface area (Å²) in [5.74, 6) is 2.71. The number of aryl methyl sites for hydroxylation is 2. The van der Waals surface area contributed by atoms with Gasteiger partial charge in [0, 0.05) is 50.2 Å². The van der Waals surface area contributed by atoms with Gasteiger partial charge in [0.15, 0.2) is 0 Å². The summed E-state index contributed by atoms with van der Waals surface area (Å²) in [6.07, 6.45) is 3.26. The van der Waals surface area contributed by atoms with Crippen LogP contribution >= 0.6 is 0 Å². The lowest BCUT2D eigenvalue weighted by atomic mass is 10.0. The lowest BCUT2D eigenvalue weighted by Crippen LogP contribution is -2.33. The number of rotatable bonds is 6. The van der Waals surface area contributed by atoms with Crippen molar-refractivity contribution in [3.63, 3.8) is 0 Å². The predicted octanol–water partition coefficient (Wildman–Crippen LogP) is 3.04. The van der Waals surface area contributed by atoms with E-state index in [4.69, 9.17) is 14.7 Å². The fourth-order valence-electron chi connectivity index (χ4n) is 4.40. The second kappa shape index (κ2) is 9.04. The number of ether oxygens (including phenoxy) is 1. The first-order valence-electron chi connectivity index (χ1n) is 11.1. The Morgan fingerprint density at radius 3 is 2.71 bits per heavy atom. The zero-order valence-corrected chi connectivity index (χ0v) is 18.6. The summed E-state index contributed by atoms with van der Waals surface area (Å²) >= 11 is 0. The van der Waals surface area contributed by atoms with Crippen LogP contribution in [0.1, 0.15) is 54.7 Å². The number of hydrogen-bond donors (Lipinski definition) is 0. The predicted molar refractivity (Wildman–Crippen MR) is 118 cm³/mol. The third-order valence-corrected chi connectivity index (χ3v) is 6.26. The molecule has 7 nitrogen and oxygen atoms in total. The monoisotopic (exact) mass is 422 g/mol. The molecule has 2 aliphatic rings. The Hall–Kier alpha value is -2.96. The van der Waals surface area contributed by atoms with Crippen molar-refractivity contribution in [1.82, 2.24) is 14.9 Å². The zero-order valence-electron chi connectivity index (χ0n) is 18.6. The van der Waals surface area contributed by atoms with Crippen LogP contribution in [0.2, 0.25) is 0 Å². The van der Waals surface area contributed by atoms with E-state index >= 15 is 0 Å². The van der Waals surface area contributed by atoms with Crippen LogP contribution < -0.4 is 9.64 Å². The Labute approximate surface area is 183 Å². The second-order valence-corrected chi connectivity index (χ2v) is 8.32. The first-order valence-corrected chi connectivity index (χ1v) is 11.1. The number of anilines is 1. The minimum atomic E-state index is 0.0917. The average Bonchev–Trinajstić information content (AvgIpc) is 3.26. The van der Waals surface area contributed by atoms with Gasteiger partial charge in [0.05, 0.1) is 6.61 Å². The van der Waals surface area contributed by atoms with Gasteiger partial charge in [-0.05, 0) is 50.8 Å². The van der Waals surface area contributed by atoms with Crippen molar-refractivity contribution in [3.05, 3.63) is 46.9 Å². The quantitative estimate of drug-likeness (QED) is 0.715. The van der Waals surface area contributed by atoms with E-state index in [0.29, 0.717) is 38.8 Å². The standard InChI is InChI=1S/C24H30N4O3/c1-4-31-19-8-5-17(6-9-19)7-11-22(30)28-14-13-18(15-28)23-25-16(2)20-10-12-21(29)27(3)24(20)26-23/h5-6,8-9,18H,4,7,10-15H2,1-3H3. The Bertz CT molecular complexity index is 974. The van der Waals surface area contributed by atoms with Crippen LogP contribution in [-0.4, -0.2) is 53.4 Å². The maximum Gasteiger partial charge on any atom is 0.228 e. The Balaban J connectivity index is 1.37. The normalized spacial score (nSPS) is 18.3. The summed E-state index contributed by atoms with van der Waals surface area (Å²) in [5, 5.41) is 0. The van der Waals surface area contributed by atoms with Crippen LogP contribution in [0.3, 0.4) is 0 Å². The Morgan fingerprint density at radius 1 is 1.19 bits per heavy atom. The van der Waals surface area contributed by atoms with Gasteiger partial charge in [0.25, 0.3) is 0 Å². The van der Waals surface area contributed by atoms with Crippen LogP contribution in [-0.2, 0) is 22.4 Å². The smallest absolute Gasteiger partial charge is 0.228 e. The number of aromatic nitrogens is 2. The van der Waals surface area contributed by atoms with E-state index in [9.17, 15) is 9.59 Å². The highest BCUT2D eigenvalue weighted by Gasteiger charge is 2.32. The minimum absolute atomic E-state index is 0.0917. The Kier molecular flexibility index (Phi) is 6.20. The lowest BCUT2D eigenvalue weighted by molar-refractivity contribution is -0.130. The molecule has 1 aromatic heterocycles. The van der Waals surface area contributed by atoms with Crippen LogP contribution in [0.5, 0.6) is 5.75 Å². The number of nitrogens with zero attached hydrogens (tertiary/aromatic N) is 4. The SMILES string of the molecule is CCOc1ccc(CCC(=O)N2CCC(c3nc(C)c4c(n3)N(C)C(=O)CC4)C2)cc1. The molecule has 3 heterocycles. The van der Waals surface area contributed by atoms with Gasteiger partial charge in [-0.3, -0.25) is 14.5 Å². The van der Waals surface area contributed by atoms with Crippen LogP contribution in [0.4, 0.5) is 5.82 Å². The molecular weight excluding hydrogens is 392 g/mol. The molecule has 1 atom stereocenters. The van der Waals surface area contributed by atoms with Gasteiger partial charge >= 0.3 is 0 Å². The highest BCUT2D eigenvalue weighted by molar-refractivity contribution is 5.94. The van der Waals surface area contributed by atoms with Gasteiger partial charge in [-0.25, -0.2) is 9.97 Å². The number of fused-ring (bicyclic) bond motifs is 1. The first-order chi connectivity index (χ1) is 15.0. The van der Waals surface area contributed by atoms with E-state index in [1.54, 1.807) is 11.9 Å². The van der Waals surface area contributed by atoms with Gasteiger partial charge in [-0.15, -0.1) is 0 Å². The fraction of sp³-hybridized carbons (Fsp3) is 0.500. The summed E-state index contributed by atoms with van der Waals surface area (Å²) < 4.78 is 5.47. The second-order valence-electron chi connectivity index (χ2n) is 8.32. The fourth-order valence-corrected chi connectivity index (χ4v) is 4.40. The van der Waals surface area contributed by atoms with Crippen molar-refractivity contribution in [1.29, 1.82) is 0 Å². The van der Waals surface area contributed by atoms with E-state index in [-0.39, 0.29) is 17.7 Å². The molecule has 1 fully saturated rings. The van der Waals surface area contributed by atoms with Gasteiger partial charge in [0.1, 0.15) is 17.4 Å². The maximum atomic E-state index is 12.8. The van der Waals surface area contributed by atoms with E-state index in [1.165, 1.54) is 0 Å². The number of benzene rings is 1. The molecule has 1 saturated heterocycles. The molecule has 0 radical (unpaired) electrons. The molecule has 0 aliphatic carbocycles. The topological polar surface area (TPSA) is 75.6 Å². The summed E-state index contributed by atoms with van der Waals surface area (Å²) in [4.78, 5) is 37.9. The average molecular weight is 423 g/mol. The van der Waals surface area contributed by atoms with Crippen molar-refractivity contribution in [2.24, 2.45) is 0 Å². The third kappa shape index (κ3) is 4.55. The summed E-state index contributed by atoms with van der Waals surface area (Å²) in [7, 11) is 1.78. The molecule has 0 N–H and O–H groups in total. The van der Waals surface area contributed by atoms with Crippen molar-refractivity contribution in [2.45, 2.75) is 51.9 Å². The minimum Gasteiger partial charge on any atom is -0.494 e. The summed E-state index contributed by atoms with van der Waals surface area (Å²) in [6.45, 7) is 5.96. The van der Waals surface area contributed by atoms with E-state index in [0.717, 1.165) is 47.2 Å². The van der Waals surface area contributed by atoms with Gasteiger partial charge in [-0.1, -0.05) is 12.1 Å². The molecule has 1 unspecified atom stereocenters. The first kappa shape index (κ1) is 21.3. The van der Waals surface area contributed by atoms with Gasteiger partial charge in [-0.2, -0.15) is 0 Å². The van der Waals surface area contributed by atoms with Crippen LogP contribution in [0, 0.1) is 6.92 Å². The van der Waals surface area contributed by atoms with Crippen molar-refractivity contribution in [3.8, 4) is 5.75 Å². The number of carbonyl (C=O) groups is 2. The van der Waals surface area contributed by atoms with Crippen LogP contribution in [0.25, 0.3) is 0 Å². The van der Waals surface area contributed by atoms with Crippen molar-refractivity contribution >= 4 is 17.6 Å². The largest absolute Gasteiger partial charge is 0.494 e. The highest BCUT2D eigenvalue weighted by atomic mass is 16.5. The Morgan fingerprint density at radius 2 is 1.97 bits per heavy atom.